The number of nitrogens with zero attached hydrogens (tertiary/aromatic N) is 5. The number of guanidine groups is 1. The van der Waals surface area contributed by atoms with Crippen molar-refractivity contribution in [2.75, 3.05) is 32.8 Å². The molecule has 0 saturated carbocycles. The van der Waals surface area contributed by atoms with Gasteiger partial charge in [0.2, 0.25) is 5.88 Å². The average Bonchev–Trinajstić information content (AvgIpc) is 3.16. The number of alkyl halides is 3. The minimum absolute atomic E-state index is 0. The van der Waals surface area contributed by atoms with Gasteiger partial charge in [0, 0.05) is 44.2 Å². The Morgan fingerprint density at radius 1 is 1.35 bits per heavy atom. The molecule has 0 amide bonds. The van der Waals surface area contributed by atoms with Crippen molar-refractivity contribution < 1.29 is 22.6 Å². The first kappa shape index (κ1) is 25.2. The molecule has 1 N–H and O–H groups in total. The first-order valence-electron chi connectivity index (χ1n) is 9.62. The summed E-state index contributed by atoms with van der Waals surface area (Å²) in [6, 6.07) is 3.07. The molecule has 12 heteroatoms. The highest BCUT2D eigenvalue weighted by Crippen LogP contribution is 2.22. The lowest BCUT2D eigenvalue weighted by atomic mass is 10.1. The number of morpholine rings is 1. The van der Waals surface area contributed by atoms with Gasteiger partial charge in [0.1, 0.15) is 6.10 Å². The summed E-state index contributed by atoms with van der Waals surface area (Å²) in [6.07, 6.45) is 0.717. The standard InChI is InChI=1S/C19H25F3N6O2.HI/c1-3-23-18(28-6-7-29-16(12-28)15-10-26-27(2)11-15)25-9-14-4-5-17(24-8-14)30-13-19(20,21)22;/h4-5,8,10-11,16H,3,6-7,9,12-13H2,1-2H3,(H,23,25);1H. The van der Waals surface area contributed by atoms with Gasteiger partial charge < -0.3 is 19.7 Å². The van der Waals surface area contributed by atoms with Crippen molar-refractivity contribution in [2.24, 2.45) is 12.0 Å². The molecule has 0 aromatic carbocycles. The van der Waals surface area contributed by atoms with E-state index in [-0.39, 0.29) is 36.0 Å². The monoisotopic (exact) mass is 554 g/mol. The van der Waals surface area contributed by atoms with Gasteiger partial charge in [-0.3, -0.25) is 4.68 Å². The third-order valence-corrected chi connectivity index (χ3v) is 4.39. The lowest BCUT2D eigenvalue weighted by Crippen LogP contribution is -2.48. The molecule has 1 fully saturated rings. The Hall–Kier alpha value is -2.09. The zero-order chi connectivity index (χ0) is 21.6. The molecule has 1 atom stereocenters. The SMILES string of the molecule is CCNC(=NCc1ccc(OCC(F)(F)F)nc1)N1CCOC(c2cnn(C)c2)C1.I. The van der Waals surface area contributed by atoms with Crippen LogP contribution in [-0.4, -0.2) is 64.6 Å². The van der Waals surface area contributed by atoms with E-state index >= 15 is 0 Å². The van der Waals surface area contributed by atoms with Crippen molar-refractivity contribution in [3.63, 3.8) is 0 Å². The van der Waals surface area contributed by atoms with E-state index in [0.717, 1.165) is 17.1 Å². The topological polar surface area (TPSA) is 76.8 Å². The van der Waals surface area contributed by atoms with Gasteiger partial charge in [-0.15, -0.1) is 24.0 Å². The zero-order valence-corrected chi connectivity index (χ0v) is 19.6. The summed E-state index contributed by atoms with van der Waals surface area (Å²) in [6.45, 7) is 3.57. The number of nitrogens with one attached hydrogen (secondary N) is 1. The lowest BCUT2D eigenvalue weighted by molar-refractivity contribution is -0.154. The molecule has 1 saturated heterocycles. The number of aliphatic imine (C=N–C) groups is 1. The number of aromatic nitrogens is 3. The van der Waals surface area contributed by atoms with E-state index in [4.69, 9.17) is 4.74 Å². The molecule has 1 unspecified atom stereocenters. The highest BCUT2D eigenvalue weighted by molar-refractivity contribution is 14.0. The highest BCUT2D eigenvalue weighted by Gasteiger charge is 2.28. The first-order chi connectivity index (χ1) is 14.3. The van der Waals surface area contributed by atoms with E-state index in [1.807, 2.05) is 20.2 Å². The van der Waals surface area contributed by atoms with E-state index in [9.17, 15) is 13.2 Å². The molecule has 0 aliphatic carbocycles. The van der Waals surface area contributed by atoms with Gasteiger partial charge in [-0.2, -0.15) is 18.3 Å². The molecule has 0 bridgehead atoms. The Morgan fingerprint density at radius 3 is 2.77 bits per heavy atom. The fourth-order valence-electron chi connectivity index (χ4n) is 2.99. The van der Waals surface area contributed by atoms with Crippen LogP contribution in [0.2, 0.25) is 0 Å². The maximum Gasteiger partial charge on any atom is 0.422 e. The first-order valence-corrected chi connectivity index (χ1v) is 9.62. The van der Waals surface area contributed by atoms with E-state index in [1.54, 1.807) is 16.9 Å². The van der Waals surface area contributed by atoms with Crippen LogP contribution in [0, 0.1) is 0 Å². The van der Waals surface area contributed by atoms with Crippen molar-refractivity contribution in [1.29, 1.82) is 0 Å². The number of ether oxygens (including phenoxy) is 2. The summed E-state index contributed by atoms with van der Waals surface area (Å²) in [7, 11) is 1.86. The van der Waals surface area contributed by atoms with Gasteiger partial charge in [0.05, 0.1) is 25.9 Å². The van der Waals surface area contributed by atoms with E-state index < -0.39 is 12.8 Å². The van der Waals surface area contributed by atoms with Crippen LogP contribution in [0.15, 0.2) is 35.7 Å². The summed E-state index contributed by atoms with van der Waals surface area (Å²) < 4.78 is 48.9. The molecular weight excluding hydrogens is 528 g/mol. The number of aryl methyl sites for hydroxylation is 1. The fourth-order valence-corrected chi connectivity index (χ4v) is 2.99. The largest absolute Gasteiger partial charge is 0.468 e. The molecule has 31 heavy (non-hydrogen) atoms. The van der Waals surface area contributed by atoms with Gasteiger partial charge in [-0.25, -0.2) is 9.98 Å². The Balaban J connectivity index is 0.00000341. The summed E-state index contributed by atoms with van der Waals surface area (Å²) in [5, 5.41) is 7.48. The number of pyridine rings is 1. The van der Waals surface area contributed by atoms with Crippen molar-refractivity contribution in [3.8, 4) is 5.88 Å². The molecule has 2 aromatic heterocycles. The highest BCUT2D eigenvalue weighted by atomic mass is 127. The third kappa shape index (κ3) is 7.83. The summed E-state index contributed by atoms with van der Waals surface area (Å²) in [5.74, 6) is 0.673. The van der Waals surface area contributed by atoms with E-state index in [0.29, 0.717) is 32.8 Å². The fraction of sp³-hybridized carbons (Fsp3) is 0.526. The normalized spacial score (nSPS) is 17.3. The van der Waals surface area contributed by atoms with Crippen LogP contribution >= 0.6 is 24.0 Å². The van der Waals surface area contributed by atoms with Gasteiger partial charge in [-0.1, -0.05) is 6.07 Å². The van der Waals surface area contributed by atoms with Gasteiger partial charge >= 0.3 is 6.18 Å². The molecule has 0 spiro atoms. The van der Waals surface area contributed by atoms with Gasteiger partial charge in [-0.05, 0) is 12.5 Å². The van der Waals surface area contributed by atoms with Gasteiger partial charge in [0.25, 0.3) is 0 Å². The molecule has 2 aromatic rings. The van der Waals surface area contributed by atoms with Crippen LogP contribution in [0.1, 0.15) is 24.2 Å². The molecule has 1 aliphatic heterocycles. The molecule has 172 valence electrons. The second-order valence-corrected chi connectivity index (χ2v) is 6.83. The Morgan fingerprint density at radius 2 is 2.16 bits per heavy atom. The van der Waals surface area contributed by atoms with Crippen molar-refractivity contribution in [2.45, 2.75) is 25.7 Å². The molecule has 3 rings (SSSR count). The predicted octanol–water partition coefficient (Wildman–Crippen LogP) is 2.91. The number of halogens is 4. The Labute approximate surface area is 195 Å². The van der Waals surface area contributed by atoms with Crippen LogP contribution in [0.4, 0.5) is 13.2 Å². The minimum atomic E-state index is -4.39. The molecule has 8 nitrogen and oxygen atoms in total. The Bertz CT molecular complexity index is 844. The van der Waals surface area contributed by atoms with Crippen LogP contribution in [0.3, 0.4) is 0 Å². The molecule has 1 aliphatic rings. The predicted molar refractivity (Wildman–Crippen MR) is 119 cm³/mol. The molecule has 3 heterocycles. The van der Waals surface area contributed by atoms with Crippen LogP contribution in [0.5, 0.6) is 5.88 Å². The lowest BCUT2D eigenvalue weighted by Gasteiger charge is -2.34. The van der Waals surface area contributed by atoms with E-state index in [1.165, 1.54) is 12.3 Å². The van der Waals surface area contributed by atoms with Crippen LogP contribution in [0.25, 0.3) is 0 Å². The van der Waals surface area contributed by atoms with Crippen molar-refractivity contribution in [1.82, 2.24) is 25.0 Å². The third-order valence-electron chi connectivity index (χ3n) is 4.39. The minimum Gasteiger partial charge on any atom is -0.468 e. The second-order valence-electron chi connectivity index (χ2n) is 6.83. The number of hydrogen-bond acceptors (Lipinski definition) is 5. The van der Waals surface area contributed by atoms with Crippen LogP contribution < -0.4 is 10.1 Å². The van der Waals surface area contributed by atoms with Crippen molar-refractivity contribution in [3.05, 3.63) is 41.9 Å². The molecule has 0 radical (unpaired) electrons. The Kier molecular flexibility index (Phi) is 9.34. The maximum absolute atomic E-state index is 12.2. The zero-order valence-electron chi connectivity index (χ0n) is 17.3. The van der Waals surface area contributed by atoms with Crippen LogP contribution in [-0.2, 0) is 18.3 Å². The smallest absolute Gasteiger partial charge is 0.422 e. The average molecular weight is 554 g/mol. The number of hydrogen-bond donors (Lipinski definition) is 1. The number of rotatable bonds is 6. The summed E-state index contributed by atoms with van der Waals surface area (Å²) in [5.41, 5.74) is 1.78. The summed E-state index contributed by atoms with van der Waals surface area (Å²) in [4.78, 5) is 10.7. The quantitative estimate of drug-likeness (QED) is 0.337. The van der Waals surface area contributed by atoms with Gasteiger partial charge in [0.15, 0.2) is 12.6 Å². The maximum atomic E-state index is 12.2. The second kappa shape index (κ2) is 11.5. The van der Waals surface area contributed by atoms with E-state index in [2.05, 4.69) is 30.0 Å². The summed E-state index contributed by atoms with van der Waals surface area (Å²) >= 11 is 0. The van der Waals surface area contributed by atoms with Crippen molar-refractivity contribution >= 4 is 29.9 Å². The molecular formula is C19H26F3IN6O2.